The zero-order valence-corrected chi connectivity index (χ0v) is 20.6. The molecule has 2 aromatic heterocycles. The molecular weight excluding hydrogens is 491 g/mol. The van der Waals surface area contributed by atoms with Crippen LogP contribution in [0.2, 0.25) is 0 Å². The van der Waals surface area contributed by atoms with Crippen LogP contribution in [0.4, 0.5) is 5.69 Å². The van der Waals surface area contributed by atoms with E-state index in [1.54, 1.807) is 24.4 Å². The Kier molecular flexibility index (Phi) is 14.5. The number of hydrogen-bond acceptors (Lipinski definition) is 8. The van der Waals surface area contributed by atoms with E-state index < -0.39 is 3.79 Å². The van der Waals surface area contributed by atoms with Gasteiger partial charge in [0.05, 0.1) is 18.4 Å². The Morgan fingerprint density at radius 1 is 1.21 bits per heavy atom. The molecule has 0 saturated heterocycles. The van der Waals surface area contributed by atoms with Crippen molar-refractivity contribution in [2.24, 2.45) is 11.5 Å². The van der Waals surface area contributed by atoms with Crippen LogP contribution >= 0.6 is 34.8 Å². The third kappa shape index (κ3) is 12.1. The Labute approximate surface area is 207 Å². The quantitative estimate of drug-likeness (QED) is 0.220. The van der Waals surface area contributed by atoms with Gasteiger partial charge in [-0.3, -0.25) is 19.6 Å². The number of aryl methyl sites for hydroxylation is 1. The fraction of sp³-hybridized carbons (Fsp3) is 0.238. The molecule has 0 fully saturated rings. The summed E-state index contributed by atoms with van der Waals surface area (Å²) in [4.78, 5) is 27.5. The number of halogens is 3. The average molecular weight is 518 g/mol. The molecule has 0 aromatic carbocycles. The highest BCUT2D eigenvalue weighted by atomic mass is 35.6. The molecule has 33 heavy (non-hydrogen) atoms. The first-order chi connectivity index (χ1) is 15.6. The Hall–Kier alpha value is -2.85. The lowest BCUT2D eigenvalue weighted by molar-refractivity contribution is -0.122. The fourth-order valence-corrected chi connectivity index (χ4v) is 2.49. The summed E-state index contributed by atoms with van der Waals surface area (Å²) in [5.74, 6) is 0. The van der Waals surface area contributed by atoms with E-state index in [2.05, 4.69) is 20.6 Å². The number of nitrogens with one attached hydrogen (secondary N) is 2. The third-order valence-electron chi connectivity index (χ3n) is 3.62. The molecule has 12 heteroatoms. The molecule has 7 N–H and O–H groups in total. The van der Waals surface area contributed by atoms with Crippen LogP contribution < -0.4 is 22.1 Å². The van der Waals surface area contributed by atoms with Crippen molar-refractivity contribution in [3.8, 4) is 0 Å². The molecule has 9 nitrogen and oxygen atoms in total. The van der Waals surface area contributed by atoms with Gasteiger partial charge in [0.2, 0.25) is 3.79 Å². The Morgan fingerprint density at radius 2 is 1.82 bits per heavy atom. The molecule has 0 aliphatic heterocycles. The normalized spacial score (nSPS) is 11.3. The van der Waals surface area contributed by atoms with Gasteiger partial charge in [0, 0.05) is 29.4 Å². The maximum Gasteiger partial charge on any atom is 0.290 e. The molecule has 2 rings (SSSR count). The lowest BCUT2D eigenvalue weighted by Crippen LogP contribution is -2.18. The molecule has 0 bridgehead atoms. The minimum atomic E-state index is -1.43. The van der Waals surface area contributed by atoms with Crippen LogP contribution in [0.1, 0.15) is 27.3 Å². The molecule has 0 amide bonds. The highest BCUT2D eigenvalue weighted by Gasteiger charge is 2.19. The number of anilines is 1. The second kappa shape index (κ2) is 15.9. The average Bonchev–Trinajstić information content (AvgIpc) is 2.77. The summed E-state index contributed by atoms with van der Waals surface area (Å²) < 4.78 is -1.43. The van der Waals surface area contributed by atoms with Crippen molar-refractivity contribution < 1.29 is 14.7 Å². The summed E-state index contributed by atoms with van der Waals surface area (Å²) in [5.41, 5.74) is 16.2. The van der Waals surface area contributed by atoms with Gasteiger partial charge in [-0.25, -0.2) is 0 Å². The second-order valence-corrected chi connectivity index (χ2v) is 8.76. The largest absolute Gasteiger partial charge is 0.483 e. The molecule has 2 aromatic rings. The number of pyridine rings is 2. The van der Waals surface area contributed by atoms with Crippen LogP contribution in [0.5, 0.6) is 0 Å². The molecule has 180 valence electrons. The Balaban J connectivity index is 0.00000154. The molecule has 0 spiro atoms. The fourth-order valence-electron chi connectivity index (χ4n) is 2.29. The number of carboxylic acid groups (broad SMARTS) is 1. The van der Waals surface area contributed by atoms with E-state index in [0.29, 0.717) is 40.1 Å². The van der Waals surface area contributed by atoms with Gasteiger partial charge < -0.3 is 27.2 Å². The number of hydrogen-bond donors (Lipinski definition) is 5. The number of rotatable bonds is 6. The Bertz CT molecular complexity index is 963. The molecule has 0 saturated carbocycles. The van der Waals surface area contributed by atoms with Crippen molar-refractivity contribution in [1.82, 2.24) is 15.3 Å². The summed E-state index contributed by atoms with van der Waals surface area (Å²) in [6, 6.07) is 5.17. The van der Waals surface area contributed by atoms with Crippen molar-refractivity contribution >= 4 is 64.5 Å². The summed E-state index contributed by atoms with van der Waals surface area (Å²) in [6.45, 7) is 1.70. The smallest absolute Gasteiger partial charge is 0.290 e. The number of aldehydes is 1. The molecule has 0 aliphatic rings. The zero-order chi connectivity index (χ0) is 25.4. The number of allylic oxidation sites excluding steroid dienone is 2. The van der Waals surface area contributed by atoms with Gasteiger partial charge in [0.15, 0.2) is 6.29 Å². The molecule has 0 unspecified atom stereocenters. The Morgan fingerprint density at radius 3 is 2.33 bits per heavy atom. The summed E-state index contributed by atoms with van der Waals surface area (Å²) in [6.07, 6.45) is 6.93. The minimum absolute atomic E-state index is 0.116. The summed E-state index contributed by atoms with van der Waals surface area (Å²) >= 11 is 17.3. The number of aromatic nitrogens is 2. The van der Waals surface area contributed by atoms with Crippen molar-refractivity contribution in [2.75, 3.05) is 26.0 Å². The van der Waals surface area contributed by atoms with E-state index in [1.165, 1.54) is 12.4 Å². The highest BCUT2D eigenvalue weighted by molar-refractivity contribution is 6.67. The summed E-state index contributed by atoms with van der Waals surface area (Å²) in [7, 11) is 3.75. The molecule has 2 heterocycles. The van der Waals surface area contributed by atoms with E-state index >= 15 is 0 Å². The lowest BCUT2D eigenvalue weighted by Gasteiger charge is -2.15. The van der Waals surface area contributed by atoms with Crippen molar-refractivity contribution in [3.63, 3.8) is 0 Å². The first-order valence-electron chi connectivity index (χ1n) is 9.31. The van der Waals surface area contributed by atoms with Gasteiger partial charge in [-0.1, -0.05) is 34.8 Å². The van der Waals surface area contributed by atoms with Crippen LogP contribution in [-0.4, -0.2) is 52.3 Å². The first-order valence-corrected chi connectivity index (χ1v) is 10.4. The van der Waals surface area contributed by atoms with E-state index in [-0.39, 0.29) is 13.0 Å². The molecular formula is C21H27Cl3N6O3. The maximum atomic E-state index is 10.9. The SMILES string of the molecule is CNC.Cc1ncc(NCC(Cl)(Cl)Cl)cc1/C(N)=C/C(=C\N)c1ccnc(C=O)c1.O=CO. The predicted molar refractivity (Wildman–Crippen MR) is 135 cm³/mol. The van der Waals surface area contributed by atoms with Gasteiger partial charge in [-0.15, -0.1) is 0 Å². The van der Waals surface area contributed by atoms with E-state index in [0.717, 1.165) is 5.69 Å². The van der Waals surface area contributed by atoms with Gasteiger partial charge in [-0.2, -0.15) is 0 Å². The van der Waals surface area contributed by atoms with Gasteiger partial charge in [-0.05, 0) is 56.4 Å². The number of alkyl halides is 3. The minimum Gasteiger partial charge on any atom is -0.483 e. The maximum absolute atomic E-state index is 10.9. The van der Waals surface area contributed by atoms with Crippen molar-refractivity contribution in [2.45, 2.75) is 10.7 Å². The van der Waals surface area contributed by atoms with Crippen LogP contribution in [0, 0.1) is 6.92 Å². The number of carbonyl (C=O) groups excluding carboxylic acids is 1. The van der Waals surface area contributed by atoms with E-state index in [1.807, 2.05) is 27.1 Å². The topological polar surface area (TPSA) is 156 Å². The molecule has 0 radical (unpaired) electrons. The molecule has 0 atom stereocenters. The monoisotopic (exact) mass is 516 g/mol. The van der Waals surface area contributed by atoms with E-state index in [9.17, 15) is 4.79 Å². The van der Waals surface area contributed by atoms with Crippen LogP contribution in [0.3, 0.4) is 0 Å². The first kappa shape index (κ1) is 30.1. The molecule has 0 aliphatic carbocycles. The number of carbonyl (C=O) groups is 2. The second-order valence-electron chi connectivity index (χ2n) is 6.24. The van der Waals surface area contributed by atoms with Crippen LogP contribution in [0.15, 0.2) is 42.9 Å². The number of nitrogens with zero attached hydrogens (tertiary/aromatic N) is 2. The van der Waals surface area contributed by atoms with Crippen LogP contribution in [-0.2, 0) is 4.79 Å². The third-order valence-corrected chi connectivity index (χ3v) is 4.02. The van der Waals surface area contributed by atoms with Crippen molar-refractivity contribution in [3.05, 3.63) is 65.4 Å². The van der Waals surface area contributed by atoms with Gasteiger partial charge >= 0.3 is 0 Å². The van der Waals surface area contributed by atoms with Crippen LogP contribution in [0.25, 0.3) is 11.3 Å². The zero-order valence-electron chi connectivity index (χ0n) is 18.3. The number of nitrogens with two attached hydrogens (primary N) is 2. The summed E-state index contributed by atoms with van der Waals surface area (Å²) in [5, 5.41) is 12.6. The van der Waals surface area contributed by atoms with Gasteiger partial charge in [0.25, 0.3) is 6.47 Å². The highest BCUT2D eigenvalue weighted by Crippen LogP contribution is 2.27. The standard InChI is InChI=1S/C18H18Cl3N5O.C2H7N.CH2O2/c1-11-16(6-14(8-25-11)26-10-18(19,20)21)17(23)5-13(7-22)12-2-3-24-15(4-12)9-27;1-3-2;2-1-3/h2-9,26H,10,22-23H2,1H3;3H,1-2H3;1H,(H,2,3)/b13-7+,17-5-;;. The van der Waals surface area contributed by atoms with Crippen molar-refractivity contribution in [1.29, 1.82) is 0 Å². The predicted octanol–water partition coefficient (Wildman–Crippen LogP) is 3.22. The lowest BCUT2D eigenvalue weighted by atomic mass is 10.0. The van der Waals surface area contributed by atoms with Gasteiger partial charge in [0.1, 0.15) is 5.69 Å². The van der Waals surface area contributed by atoms with E-state index in [4.69, 9.17) is 56.2 Å².